The zero-order chi connectivity index (χ0) is 13.2. The SMILES string of the molecule is NC[C@H]1CN(c2ccc(N3CCCC3=O)cc2)CO1. The Morgan fingerprint density at radius 2 is 2.00 bits per heavy atom. The molecule has 0 aliphatic carbocycles. The molecule has 2 aliphatic rings. The van der Waals surface area contributed by atoms with Gasteiger partial charge < -0.3 is 20.3 Å². The average molecular weight is 261 g/mol. The van der Waals surface area contributed by atoms with Crippen molar-refractivity contribution in [3.8, 4) is 0 Å². The summed E-state index contributed by atoms with van der Waals surface area (Å²) in [5.74, 6) is 0.223. The predicted molar refractivity (Wildman–Crippen MR) is 74.2 cm³/mol. The first kappa shape index (κ1) is 12.4. The summed E-state index contributed by atoms with van der Waals surface area (Å²) in [6.07, 6.45) is 1.75. The van der Waals surface area contributed by atoms with E-state index >= 15 is 0 Å². The molecule has 0 unspecified atom stereocenters. The van der Waals surface area contributed by atoms with Crippen molar-refractivity contribution in [2.24, 2.45) is 5.73 Å². The summed E-state index contributed by atoms with van der Waals surface area (Å²) in [7, 11) is 0. The molecule has 1 amide bonds. The second kappa shape index (κ2) is 5.19. The van der Waals surface area contributed by atoms with E-state index in [-0.39, 0.29) is 12.0 Å². The van der Waals surface area contributed by atoms with E-state index in [0.29, 0.717) is 19.7 Å². The van der Waals surface area contributed by atoms with Crippen LogP contribution in [0.5, 0.6) is 0 Å². The number of carbonyl (C=O) groups excluding carboxylic acids is 1. The van der Waals surface area contributed by atoms with E-state index in [9.17, 15) is 4.79 Å². The summed E-state index contributed by atoms with van der Waals surface area (Å²) in [5, 5.41) is 0. The number of anilines is 2. The van der Waals surface area contributed by atoms with Crippen molar-refractivity contribution < 1.29 is 9.53 Å². The Morgan fingerprint density at radius 3 is 2.58 bits per heavy atom. The lowest BCUT2D eigenvalue weighted by molar-refractivity contribution is -0.117. The summed E-state index contributed by atoms with van der Waals surface area (Å²) in [5.41, 5.74) is 7.71. The first-order valence-electron chi connectivity index (χ1n) is 6.75. The third-order valence-electron chi connectivity index (χ3n) is 3.75. The molecule has 1 atom stereocenters. The van der Waals surface area contributed by atoms with E-state index in [4.69, 9.17) is 10.5 Å². The van der Waals surface area contributed by atoms with Crippen LogP contribution < -0.4 is 15.5 Å². The molecule has 5 heteroatoms. The van der Waals surface area contributed by atoms with Gasteiger partial charge in [0.15, 0.2) is 0 Å². The fraction of sp³-hybridized carbons (Fsp3) is 0.500. The van der Waals surface area contributed by atoms with Crippen LogP contribution in [-0.4, -0.2) is 38.4 Å². The third kappa shape index (κ3) is 2.43. The monoisotopic (exact) mass is 261 g/mol. The number of nitrogens with two attached hydrogens (primary N) is 1. The van der Waals surface area contributed by atoms with Gasteiger partial charge in [0.05, 0.1) is 6.10 Å². The van der Waals surface area contributed by atoms with Gasteiger partial charge in [-0.25, -0.2) is 0 Å². The Balaban J connectivity index is 1.71. The van der Waals surface area contributed by atoms with Crippen LogP contribution >= 0.6 is 0 Å². The molecule has 1 aromatic carbocycles. The molecule has 0 aromatic heterocycles. The van der Waals surface area contributed by atoms with E-state index in [1.54, 1.807) is 0 Å². The Bertz CT molecular complexity index is 460. The van der Waals surface area contributed by atoms with Gasteiger partial charge >= 0.3 is 0 Å². The van der Waals surface area contributed by atoms with E-state index in [1.165, 1.54) is 0 Å². The molecule has 5 nitrogen and oxygen atoms in total. The average Bonchev–Trinajstić information content (AvgIpc) is 3.07. The van der Waals surface area contributed by atoms with Crippen molar-refractivity contribution in [1.29, 1.82) is 0 Å². The van der Waals surface area contributed by atoms with Gasteiger partial charge in [0.1, 0.15) is 6.73 Å². The third-order valence-corrected chi connectivity index (χ3v) is 3.75. The highest BCUT2D eigenvalue weighted by Gasteiger charge is 2.24. The van der Waals surface area contributed by atoms with E-state index in [0.717, 1.165) is 30.9 Å². The first-order chi connectivity index (χ1) is 9.28. The Kier molecular flexibility index (Phi) is 3.40. The largest absolute Gasteiger partial charge is 0.355 e. The fourth-order valence-electron chi connectivity index (χ4n) is 2.63. The molecular weight excluding hydrogens is 242 g/mol. The van der Waals surface area contributed by atoms with Gasteiger partial charge in [-0.05, 0) is 30.7 Å². The van der Waals surface area contributed by atoms with Crippen LogP contribution in [0, 0.1) is 0 Å². The van der Waals surface area contributed by atoms with Crippen molar-refractivity contribution in [2.45, 2.75) is 18.9 Å². The number of carbonyl (C=O) groups is 1. The molecule has 2 N–H and O–H groups in total. The molecule has 0 saturated carbocycles. The van der Waals surface area contributed by atoms with Crippen molar-refractivity contribution in [1.82, 2.24) is 0 Å². The highest BCUT2D eigenvalue weighted by Crippen LogP contribution is 2.26. The number of ether oxygens (including phenoxy) is 1. The molecule has 2 saturated heterocycles. The summed E-state index contributed by atoms with van der Waals surface area (Å²) in [4.78, 5) is 15.7. The maximum atomic E-state index is 11.7. The minimum absolute atomic E-state index is 0.125. The van der Waals surface area contributed by atoms with Crippen molar-refractivity contribution in [3.05, 3.63) is 24.3 Å². The zero-order valence-corrected chi connectivity index (χ0v) is 10.9. The van der Waals surface area contributed by atoms with Crippen LogP contribution in [0.2, 0.25) is 0 Å². The topological polar surface area (TPSA) is 58.8 Å². The van der Waals surface area contributed by atoms with Gasteiger partial charge in [-0.1, -0.05) is 0 Å². The van der Waals surface area contributed by atoms with Crippen LogP contribution in [0.3, 0.4) is 0 Å². The lowest BCUT2D eigenvalue weighted by Gasteiger charge is -2.19. The molecular formula is C14H19N3O2. The second-order valence-corrected chi connectivity index (χ2v) is 5.04. The molecule has 2 aliphatic heterocycles. The number of nitrogens with zero attached hydrogens (tertiary/aromatic N) is 2. The quantitative estimate of drug-likeness (QED) is 0.879. The lowest BCUT2D eigenvalue weighted by atomic mass is 10.2. The van der Waals surface area contributed by atoms with Crippen LogP contribution in [0.25, 0.3) is 0 Å². The lowest BCUT2D eigenvalue weighted by Crippen LogP contribution is -2.26. The molecule has 2 heterocycles. The fourth-order valence-corrected chi connectivity index (χ4v) is 2.63. The van der Waals surface area contributed by atoms with Gasteiger partial charge in [0.2, 0.25) is 5.91 Å². The van der Waals surface area contributed by atoms with E-state index < -0.39 is 0 Å². The minimum atomic E-state index is 0.125. The van der Waals surface area contributed by atoms with Crippen molar-refractivity contribution >= 4 is 17.3 Å². The van der Waals surface area contributed by atoms with Crippen molar-refractivity contribution in [3.63, 3.8) is 0 Å². The summed E-state index contributed by atoms with van der Waals surface area (Å²) in [6.45, 7) is 2.81. The second-order valence-electron chi connectivity index (χ2n) is 5.04. The van der Waals surface area contributed by atoms with Gasteiger partial charge in [-0.15, -0.1) is 0 Å². The minimum Gasteiger partial charge on any atom is -0.355 e. The van der Waals surface area contributed by atoms with Gasteiger partial charge in [0.25, 0.3) is 0 Å². The molecule has 3 rings (SSSR count). The Labute approximate surface area is 112 Å². The molecule has 0 bridgehead atoms. The normalized spacial score (nSPS) is 23.4. The zero-order valence-electron chi connectivity index (χ0n) is 10.9. The van der Waals surface area contributed by atoms with Gasteiger partial charge in [0, 0.05) is 37.4 Å². The standard InChI is InChI=1S/C14H19N3O2/c15-8-13-9-16(10-19-13)11-3-5-12(6-4-11)17-7-1-2-14(17)18/h3-6,13H,1-2,7-10,15H2/t13-/m0/s1. The molecule has 0 spiro atoms. The first-order valence-corrected chi connectivity index (χ1v) is 6.75. The van der Waals surface area contributed by atoms with E-state index in [2.05, 4.69) is 4.90 Å². The maximum Gasteiger partial charge on any atom is 0.227 e. The molecule has 2 fully saturated rings. The van der Waals surface area contributed by atoms with Crippen molar-refractivity contribution in [2.75, 3.05) is 36.2 Å². The number of hydrogen-bond acceptors (Lipinski definition) is 4. The van der Waals surface area contributed by atoms with Crippen LogP contribution in [0.4, 0.5) is 11.4 Å². The summed E-state index contributed by atoms with van der Waals surface area (Å²) < 4.78 is 5.55. The predicted octanol–water partition coefficient (Wildman–Crippen LogP) is 0.935. The maximum absolute atomic E-state index is 11.7. The van der Waals surface area contributed by atoms with E-state index in [1.807, 2.05) is 29.2 Å². The smallest absolute Gasteiger partial charge is 0.227 e. The Morgan fingerprint density at radius 1 is 1.26 bits per heavy atom. The Hall–Kier alpha value is -1.59. The number of benzene rings is 1. The summed E-state index contributed by atoms with van der Waals surface area (Å²) in [6, 6.07) is 8.11. The summed E-state index contributed by atoms with van der Waals surface area (Å²) >= 11 is 0. The van der Waals surface area contributed by atoms with Crippen LogP contribution in [0.1, 0.15) is 12.8 Å². The number of hydrogen-bond donors (Lipinski definition) is 1. The highest BCUT2D eigenvalue weighted by molar-refractivity contribution is 5.95. The molecule has 0 radical (unpaired) electrons. The van der Waals surface area contributed by atoms with Gasteiger partial charge in [-0.2, -0.15) is 0 Å². The number of rotatable bonds is 3. The molecule has 1 aromatic rings. The van der Waals surface area contributed by atoms with Gasteiger partial charge in [-0.3, -0.25) is 4.79 Å². The highest BCUT2D eigenvalue weighted by atomic mass is 16.5. The van der Waals surface area contributed by atoms with Crippen LogP contribution in [0.15, 0.2) is 24.3 Å². The number of amides is 1. The molecule has 19 heavy (non-hydrogen) atoms. The van der Waals surface area contributed by atoms with Crippen LogP contribution in [-0.2, 0) is 9.53 Å². The molecule has 102 valence electrons.